The van der Waals surface area contributed by atoms with Crippen molar-refractivity contribution in [2.75, 3.05) is 0 Å². The van der Waals surface area contributed by atoms with Crippen molar-refractivity contribution < 1.29 is 4.52 Å². The van der Waals surface area contributed by atoms with Gasteiger partial charge in [-0.25, -0.2) is 4.98 Å². The number of halogens is 1. The van der Waals surface area contributed by atoms with Gasteiger partial charge in [0.1, 0.15) is 0 Å². The molecule has 0 fully saturated rings. The van der Waals surface area contributed by atoms with E-state index in [4.69, 9.17) is 16.1 Å². The Morgan fingerprint density at radius 2 is 2.00 bits per heavy atom. The molecule has 22 heavy (non-hydrogen) atoms. The molecule has 1 aromatic carbocycles. The van der Waals surface area contributed by atoms with Crippen molar-refractivity contribution in [1.29, 1.82) is 0 Å². The van der Waals surface area contributed by atoms with E-state index in [0.29, 0.717) is 24.2 Å². The van der Waals surface area contributed by atoms with E-state index >= 15 is 0 Å². The van der Waals surface area contributed by atoms with Gasteiger partial charge in [-0.3, -0.25) is 0 Å². The highest BCUT2D eigenvalue weighted by atomic mass is 35.5. The second kappa shape index (κ2) is 6.32. The predicted molar refractivity (Wildman–Crippen MR) is 83.8 cm³/mol. The molecule has 0 bridgehead atoms. The Morgan fingerprint density at radius 1 is 1.23 bits per heavy atom. The van der Waals surface area contributed by atoms with E-state index in [1.165, 1.54) is 0 Å². The zero-order valence-electron chi connectivity index (χ0n) is 12.5. The lowest BCUT2D eigenvalue weighted by Crippen LogP contribution is -2.09. The second-order valence-electron chi connectivity index (χ2n) is 5.56. The van der Waals surface area contributed by atoms with Gasteiger partial charge in [0.2, 0.25) is 5.89 Å². The third-order valence-corrected chi connectivity index (χ3v) is 3.78. The van der Waals surface area contributed by atoms with Crippen LogP contribution in [0.4, 0.5) is 0 Å². The van der Waals surface area contributed by atoms with Crippen molar-refractivity contribution in [3.63, 3.8) is 0 Å². The van der Waals surface area contributed by atoms with Crippen LogP contribution in [-0.4, -0.2) is 19.7 Å². The predicted octanol–water partition coefficient (Wildman–Crippen LogP) is 3.76. The minimum Gasteiger partial charge on any atom is -0.339 e. The van der Waals surface area contributed by atoms with E-state index in [9.17, 15) is 0 Å². The van der Waals surface area contributed by atoms with Gasteiger partial charge in [0.15, 0.2) is 5.82 Å². The van der Waals surface area contributed by atoms with Crippen molar-refractivity contribution in [1.82, 2.24) is 19.7 Å². The molecular formula is C16H17ClN4O. The number of benzene rings is 1. The summed E-state index contributed by atoms with van der Waals surface area (Å²) >= 11 is 5.97. The fourth-order valence-corrected chi connectivity index (χ4v) is 2.61. The zero-order valence-corrected chi connectivity index (χ0v) is 13.2. The summed E-state index contributed by atoms with van der Waals surface area (Å²) in [6.07, 6.45) is 5.33. The van der Waals surface area contributed by atoms with Crippen molar-refractivity contribution in [2.45, 2.75) is 26.3 Å². The standard InChI is InChI=1S/C16H17ClN4O/c1-11(2)15(12-3-5-13(17)6-4-12)16-19-14(20-22-16)9-21-8-7-18-10-21/h3-8,10-11,15H,9H2,1-2H3/t15-/m1/s1. The average Bonchev–Trinajstić information content (AvgIpc) is 3.14. The Morgan fingerprint density at radius 3 is 2.64 bits per heavy atom. The number of hydrogen-bond donors (Lipinski definition) is 0. The molecule has 0 saturated carbocycles. The molecule has 0 aliphatic rings. The van der Waals surface area contributed by atoms with Crippen LogP contribution in [0.2, 0.25) is 5.02 Å². The molecule has 2 heterocycles. The van der Waals surface area contributed by atoms with E-state index in [-0.39, 0.29) is 5.92 Å². The molecule has 1 atom stereocenters. The SMILES string of the molecule is CC(C)[C@H](c1ccc(Cl)cc1)c1nc(Cn2ccnc2)no1. The van der Waals surface area contributed by atoms with Crippen LogP contribution < -0.4 is 0 Å². The Kier molecular flexibility index (Phi) is 4.24. The highest BCUT2D eigenvalue weighted by molar-refractivity contribution is 6.30. The molecule has 5 nitrogen and oxygen atoms in total. The van der Waals surface area contributed by atoms with E-state index in [2.05, 4.69) is 29.0 Å². The van der Waals surface area contributed by atoms with Crippen LogP contribution in [-0.2, 0) is 6.54 Å². The molecule has 0 aliphatic heterocycles. The Balaban J connectivity index is 1.86. The van der Waals surface area contributed by atoms with Gasteiger partial charge < -0.3 is 9.09 Å². The summed E-state index contributed by atoms with van der Waals surface area (Å²) in [5.41, 5.74) is 1.12. The van der Waals surface area contributed by atoms with Crippen LogP contribution in [0.5, 0.6) is 0 Å². The Bertz CT molecular complexity index is 719. The fourth-order valence-electron chi connectivity index (χ4n) is 2.48. The molecule has 0 aliphatic carbocycles. The lowest BCUT2D eigenvalue weighted by atomic mass is 9.88. The first-order valence-electron chi connectivity index (χ1n) is 7.17. The second-order valence-corrected chi connectivity index (χ2v) is 5.99. The number of aromatic nitrogens is 4. The van der Waals surface area contributed by atoms with E-state index in [1.54, 1.807) is 12.5 Å². The maximum atomic E-state index is 5.97. The first-order chi connectivity index (χ1) is 10.6. The first-order valence-corrected chi connectivity index (χ1v) is 7.55. The van der Waals surface area contributed by atoms with Crippen molar-refractivity contribution in [3.8, 4) is 0 Å². The van der Waals surface area contributed by atoms with Gasteiger partial charge in [0.25, 0.3) is 0 Å². The third kappa shape index (κ3) is 3.20. The monoisotopic (exact) mass is 316 g/mol. The molecule has 114 valence electrons. The van der Waals surface area contributed by atoms with E-state index in [1.807, 2.05) is 35.0 Å². The van der Waals surface area contributed by atoms with Crippen LogP contribution in [0.1, 0.15) is 37.0 Å². The molecule has 3 aromatic rings. The van der Waals surface area contributed by atoms with Gasteiger partial charge in [-0.05, 0) is 23.6 Å². The van der Waals surface area contributed by atoms with Gasteiger partial charge in [-0.1, -0.05) is 42.7 Å². The maximum absolute atomic E-state index is 5.97. The van der Waals surface area contributed by atoms with Gasteiger partial charge >= 0.3 is 0 Å². The normalized spacial score (nSPS) is 12.7. The molecule has 2 aromatic heterocycles. The number of nitrogens with zero attached hydrogens (tertiary/aromatic N) is 4. The molecule has 0 saturated heterocycles. The highest BCUT2D eigenvalue weighted by Crippen LogP contribution is 2.31. The molecule has 0 unspecified atom stereocenters. The number of imidazole rings is 1. The Hall–Kier alpha value is -2.14. The topological polar surface area (TPSA) is 56.7 Å². The number of hydrogen-bond acceptors (Lipinski definition) is 4. The first kappa shape index (κ1) is 14.8. The zero-order chi connectivity index (χ0) is 15.5. The average molecular weight is 317 g/mol. The summed E-state index contributed by atoms with van der Waals surface area (Å²) in [5.74, 6) is 1.67. The van der Waals surface area contributed by atoms with Gasteiger partial charge in [0, 0.05) is 17.4 Å². The highest BCUT2D eigenvalue weighted by Gasteiger charge is 2.24. The quantitative estimate of drug-likeness (QED) is 0.719. The van der Waals surface area contributed by atoms with Crippen LogP contribution in [0, 0.1) is 5.92 Å². The van der Waals surface area contributed by atoms with Crippen molar-refractivity contribution in [3.05, 3.63) is 65.3 Å². The number of rotatable bonds is 5. The molecule has 0 spiro atoms. The van der Waals surface area contributed by atoms with Crippen LogP contribution in [0.3, 0.4) is 0 Å². The van der Waals surface area contributed by atoms with Crippen molar-refractivity contribution >= 4 is 11.6 Å². The summed E-state index contributed by atoms with van der Waals surface area (Å²) < 4.78 is 7.40. The third-order valence-electron chi connectivity index (χ3n) is 3.53. The van der Waals surface area contributed by atoms with Gasteiger partial charge in [-0.15, -0.1) is 0 Å². The van der Waals surface area contributed by atoms with Gasteiger partial charge in [-0.2, -0.15) is 4.98 Å². The Labute approximate surface area is 133 Å². The van der Waals surface area contributed by atoms with Crippen LogP contribution in [0.15, 0.2) is 47.5 Å². The summed E-state index contributed by atoms with van der Waals surface area (Å²) in [6.45, 7) is 4.83. The lowest BCUT2D eigenvalue weighted by Gasteiger charge is -2.17. The van der Waals surface area contributed by atoms with E-state index in [0.717, 1.165) is 10.6 Å². The van der Waals surface area contributed by atoms with Crippen LogP contribution in [0.25, 0.3) is 0 Å². The largest absolute Gasteiger partial charge is 0.339 e. The lowest BCUT2D eigenvalue weighted by molar-refractivity contribution is 0.337. The van der Waals surface area contributed by atoms with E-state index < -0.39 is 0 Å². The molecule has 6 heteroatoms. The minimum absolute atomic E-state index is 0.0568. The summed E-state index contributed by atoms with van der Waals surface area (Å²) in [6, 6.07) is 7.78. The minimum atomic E-state index is 0.0568. The molecule has 0 N–H and O–H groups in total. The summed E-state index contributed by atoms with van der Waals surface area (Å²) in [4.78, 5) is 8.55. The summed E-state index contributed by atoms with van der Waals surface area (Å²) in [5, 5.41) is 4.80. The van der Waals surface area contributed by atoms with Crippen LogP contribution >= 0.6 is 11.6 Å². The molecule has 0 amide bonds. The smallest absolute Gasteiger partial charge is 0.234 e. The fraction of sp³-hybridized carbons (Fsp3) is 0.312. The molecular weight excluding hydrogens is 300 g/mol. The molecule has 3 rings (SSSR count). The maximum Gasteiger partial charge on any atom is 0.234 e. The molecule has 0 radical (unpaired) electrons. The van der Waals surface area contributed by atoms with Crippen molar-refractivity contribution in [2.24, 2.45) is 5.92 Å². The van der Waals surface area contributed by atoms with Gasteiger partial charge in [0.05, 0.1) is 18.8 Å². The summed E-state index contributed by atoms with van der Waals surface area (Å²) in [7, 11) is 0.